The van der Waals surface area contributed by atoms with Crippen LogP contribution in [0.1, 0.15) is 12.0 Å². The van der Waals surface area contributed by atoms with Gasteiger partial charge in [0.05, 0.1) is 19.1 Å². The van der Waals surface area contributed by atoms with Crippen LogP contribution < -0.4 is 5.32 Å². The Labute approximate surface area is 104 Å². The molecule has 1 atom stereocenters. The molecule has 0 heterocycles. The van der Waals surface area contributed by atoms with E-state index >= 15 is 0 Å². The molecular formula is C12H15NO5. The molecule has 0 saturated heterocycles. The second-order valence-corrected chi connectivity index (χ2v) is 3.68. The monoisotopic (exact) mass is 253 g/mol. The third kappa shape index (κ3) is 5.31. The first kappa shape index (κ1) is 14.0. The van der Waals surface area contributed by atoms with Crippen LogP contribution in [-0.2, 0) is 16.1 Å². The molecule has 0 aliphatic rings. The Morgan fingerprint density at radius 1 is 1.28 bits per heavy atom. The molecule has 1 aromatic carbocycles. The number of aliphatic hydroxyl groups is 1. The van der Waals surface area contributed by atoms with Gasteiger partial charge in [-0.05, 0) is 5.56 Å². The largest absolute Gasteiger partial charge is 0.481 e. The molecule has 0 bridgehead atoms. The zero-order valence-corrected chi connectivity index (χ0v) is 9.70. The number of hydrogen-bond acceptors (Lipinski definition) is 4. The number of carbonyl (C=O) groups excluding carboxylic acids is 1. The molecule has 0 fully saturated rings. The van der Waals surface area contributed by atoms with Crippen molar-refractivity contribution in [3.63, 3.8) is 0 Å². The number of aliphatic hydroxyl groups excluding tert-OH is 1. The molecule has 0 radical (unpaired) electrons. The zero-order valence-electron chi connectivity index (χ0n) is 9.70. The maximum absolute atomic E-state index is 11.3. The number of carbonyl (C=O) groups is 2. The number of nitrogens with one attached hydrogen (secondary N) is 1. The zero-order chi connectivity index (χ0) is 13.4. The SMILES string of the molecule is O=C(O)CC(CO)NC(=O)OCc1ccccc1. The van der Waals surface area contributed by atoms with Crippen LogP contribution >= 0.6 is 0 Å². The number of aliphatic carboxylic acids is 1. The van der Waals surface area contributed by atoms with Crippen LogP contribution in [0.3, 0.4) is 0 Å². The smallest absolute Gasteiger partial charge is 0.407 e. The van der Waals surface area contributed by atoms with E-state index in [-0.39, 0.29) is 13.0 Å². The van der Waals surface area contributed by atoms with Gasteiger partial charge in [-0.3, -0.25) is 4.79 Å². The molecule has 1 rings (SSSR count). The average molecular weight is 253 g/mol. The van der Waals surface area contributed by atoms with Gasteiger partial charge in [-0.25, -0.2) is 4.79 Å². The van der Waals surface area contributed by atoms with E-state index in [2.05, 4.69) is 5.32 Å². The highest BCUT2D eigenvalue weighted by molar-refractivity contribution is 5.71. The molecule has 6 heteroatoms. The van der Waals surface area contributed by atoms with Crippen LogP contribution in [0.15, 0.2) is 30.3 Å². The topological polar surface area (TPSA) is 95.9 Å². The molecule has 3 N–H and O–H groups in total. The maximum Gasteiger partial charge on any atom is 0.407 e. The first-order valence-electron chi connectivity index (χ1n) is 5.41. The third-order valence-electron chi connectivity index (χ3n) is 2.18. The van der Waals surface area contributed by atoms with Crippen LogP contribution in [0.2, 0.25) is 0 Å². The van der Waals surface area contributed by atoms with Gasteiger partial charge in [0.1, 0.15) is 6.61 Å². The van der Waals surface area contributed by atoms with E-state index in [0.717, 1.165) is 5.56 Å². The highest BCUT2D eigenvalue weighted by atomic mass is 16.5. The predicted octanol–water partition coefficient (Wildman–Crippen LogP) is 0.748. The van der Waals surface area contributed by atoms with Crippen molar-refractivity contribution in [1.82, 2.24) is 5.32 Å². The Kier molecular flexibility index (Phi) is 5.66. The Hall–Kier alpha value is -2.08. The molecule has 1 aromatic rings. The minimum Gasteiger partial charge on any atom is -0.481 e. The highest BCUT2D eigenvalue weighted by Gasteiger charge is 2.15. The van der Waals surface area contributed by atoms with Crippen LogP contribution in [0, 0.1) is 0 Å². The summed E-state index contributed by atoms with van der Waals surface area (Å²) in [5.41, 5.74) is 0.825. The predicted molar refractivity (Wildman–Crippen MR) is 62.9 cm³/mol. The number of ether oxygens (including phenoxy) is 1. The van der Waals surface area contributed by atoms with Crippen LogP contribution in [0.4, 0.5) is 4.79 Å². The van der Waals surface area contributed by atoms with E-state index in [1.165, 1.54) is 0 Å². The van der Waals surface area contributed by atoms with Crippen molar-refractivity contribution >= 4 is 12.1 Å². The van der Waals surface area contributed by atoms with Gasteiger partial charge in [-0.1, -0.05) is 30.3 Å². The van der Waals surface area contributed by atoms with Gasteiger partial charge in [0.25, 0.3) is 0 Å². The quantitative estimate of drug-likeness (QED) is 0.695. The number of alkyl carbamates (subject to hydrolysis) is 1. The standard InChI is InChI=1S/C12H15NO5/c14-7-10(6-11(15)16)13-12(17)18-8-9-4-2-1-3-5-9/h1-5,10,14H,6-8H2,(H,13,17)(H,15,16). The minimum atomic E-state index is -1.10. The lowest BCUT2D eigenvalue weighted by atomic mass is 10.2. The summed E-state index contributed by atoms with van der Waals surface area (Å²) >= 11 is 0. The molecule has 18 heavy (non-hydrogen) atoms. The van der Waals surface area contributed by atoms with Crippen LogP contribution in [-0.4, -0.2) is 34.9 Å². The third-order valence-corrected chi connectivity index (χ3v) is 2.18. The first-order valence-corrected chi connectivity index (χ1v) is 5.41. The molecule has 98 valence electrons. The summed E-state index contributed by atoms with van der Waals surface area (Å²) in [4.78, 5) is 21.8. The molecule has 0 spiro atoms. The summed E-state index contributed by atoms with van der Waals surface area (Å²) in [6.45, 7) is -0.357. The lowest BCUT2D eigenvalue weighted by Crippen LogP contribution is -2.39. The molecule has 0 saturated carbocycles. The number of rotatable bonds is 6. The Morgan fingerprint density at radius 2 is 1.94 bits per heavy atom. The van der Waals surface area contributed by atoms with Crippen LogP contribution in [0.5, 0.6) is 0 Å². The van der Waals surface area contributed by atoms with E-state index in [1.807, 2.05) is 18.2 Å². The van der Waals surface area contributed by atoms with Gasteiger partial charge in [-0.15, -0.1) is 0 Å². The van der Waals surface area contributed by atoms with Crippen molar-refractivity contribution in [3.8, 4) is 0 Å². The summed E-state index contributed by atoms with van der Waals surface area (Å²) in [5.74, 6) is -1.10. The highest BCUT2D eigenvalue weighted by Crippen LogP contribution is 2.01. The summed E-state index contributed by atoms with van der Waals surface area (Å²) in [6, 6.07) is 8.24. The summed E-state index contributed by atoms with van der Waals surface area (Å²) in [5, 5.41) is 19.7. The fraction of sp³-hybridized carbons (Fsp3) is 0.333. The van der Waals surface area contributed by atoms with E-state index in [0.29, 0.717) is 0 Å². The van der Waals surface area contributed by atoms with Crippen molar-refractivity contribution < 1.29 is 24.5 Å². The number of amides is 1. The lowest BCUT2D eigenvalue weighted by molar-refractivity contribution is -0.137. The normalized spacial score (nSPS) is 11.6. The molecule has 0 aromatic heterocycles. The fourth-order valence-corrected chi connectivity index (χ4v) is 1.30. The molecule has 6 nitrogen and oxygen atoms in total. The summed E-state index contributed by atoms with van der Waals surface area (Å²) < 4.78 is 4.89. The Balaban J connectivity index is 2.34. The van der Waals surface area contributed by atoms with Gasteiger partial charge < -0.3 is 20.3 Å². The number of hydrogen-bond donors (Lipinski definition) is 3. The van der Waals surface area contributed by atoms with Crippen molar-refractivity contribution in [1.29, 1.82) is 0 Å². The second kappa shape index (κ2) is 7.29. The van der Waals surface area contributed by atoms with Crippen molar-refractivity contribution in [2.45, 2.75) is 19.1 Å². The van der Waals surface area contributed by atoms with Crippen molar-refractivity contribution in [2.75, 3.05) is 6.61 Å². The van der Waals surface area contributed by atoms with Gasteiger partial charge in [-0.2, -0.15) is 0 Å². The molecular weight excluding hydrogens is 238 g/mol. The maximum atomic E-state index is 11.3. The molecule has 1 amide bonds. The number of carboxylic acids is 1. The summed E-state index contributed by atoms with van der Waals surface area (Å²) in [7, 11) is 0. The minimum absolute atomic E-state index is 0.0951. The van der Waals surface area contributed by atoms with Gasteiger partial charge in [0.15, 0.2) is 0 Å². The van der Waals surface area contributed by atoms with Gasteiger partial charge >= 0.3 is 12.1 Å². The van der Waals surface area contributed by atoms with E-state index < -0.39 is 24.7 Å². The summed E-state index contributed by atoms with van der Waals surface area (Å²) in [6.07, 6.45) is -1.10. The van der Waals surface area contributed by atoms with Gasteiger partial charge in [0.2, 0.25) is 0 Å². The molecule has 0 aliphatic heterocycles. The van der Waals surface area contributed by atoms with Gasteiger partial charge in [0, 0.05) is 0 Å². The lowest BCUT2D eigenvalue weighted by Gasteiger charge is -2.14. The first-order chi connectivity index (χ1) is 8.61. The number of carboxylic acid groups (broad SMARTS) is 1. The van der Waals surface area contributed by atoms with E-state index in [1.54, 1.807) is 12.1 Å². The van der Waals surface area contributed by atoms with E-state index in [4.69, 9.17) is 14.9 Å². The van der Waals surface area contributed by atoms with Crippen molar-refractivity contribution in [2.24, 2.45) is 0 Å². The Bertz CT molecular complexity index is 393. The van der Waals surface area contributed by atoms with Crippen LogP contribution in [0.25, 0.3) is 0 Å². The second-order valence-electron chi connectivity index (χ2n) is 3.68. The number of benzene rings is 1. The molecule has 0 aliphatic carbocycles. The fourth-order valence-electron chi connectivity index (χ4n) is 1.30. The Morgan fingerprint density at radius 3 is 2.50 bits per heavy atom. The average Bonchev–Trinajstić information content (AvgIpc) is 2.36. The molecule has 1 unspecified atom stereocenters. The van der Waals surface area contributed by atoms with E-state index in [9.17, 15) is 9.59 Å². The van der Waals surface area contributed by atoms with Crippen molar-refractivity contribution in [3.05, 3.63) is 35.9 Å².